The third-order valence-corrected chi connectivity index (χ3v) is 24.8. The molecule has 0 N–H and O–H groups in total. The predicted octanol–water partition coefficient (Wildman–Crippen LogP) is 8.91. The first-order chi connectivity index (χ1) is 32.4. The zero-order valence-electron chi connectivity index (χ0n) is 39.9. The van der Waals surface area contributed by atoms with E-state index in [4.69, 9.17) is 56.8 Å². The van der Waals surface area contributed by atoms with Crippen molar-refractivity contribution in [1.82, 2.24) is 0 Å². The average molecular weight is 1080 g/mol. The van der Waals surface area contributed by atoms with Crippen LogP contribution in [0, 0.1) is 0 Å². The van der Waals surface area contributed by atoms with Gasteiger partial charge in [0.1, 0.15) is 73.6 Å². The second-order valence-electron chi connectivity index (χ2n) is 14.8. The van der Waals surface area contributed by atoms with Crippen molar-refractivity contribution < 1.29 is 56.8 Å². The van der Waals surface area contributed by atoms with Crippen LogP contribution >= 0.6 is 46.4 Å². The molecule has 6 rings (SSSR count). The smallest absolute Gasteiger partial charge is 0.204 e. The summed E-state index contributed by atoms with van der Waals surface area (Å²) in [6.07, 6.45) is 0.877. The summed E-state index contributed by atoms with van der Waals surface area (Å²) in [7, 11) is 13.4. The van der Waals surface area contributed by atoms with Crippen molar-refractivity contribution in [3.8, 4) is 69.0 Å². The Labute approximate surface area is 411 Å². The van der Waals surface area contributed by atoms with Crippen molar-refractivity contribution in [2.75, 3.05) is 91.5 Å². The van der Waals surface area contributed by atoms with Crippen LogP contribution in [0.1, 0.15) is 6.42 Å². The standard InChI is InChI=1S/C51H58Br2O12P2/c1-54-33-13-19-45(39(27-33)60-7)66(46-20-14-34(55-2)28-40(46)61-8,47-21-15-35(56-3)29-41(47)62-9)26-25-51(52,53)67(48-22-16-36(57-4)30-42(48)63-10,49-23-17-37(58-5)31-43(49)64-11)50-24-18-38(59-6)32-44(50)65-12/h13-24,27-32H,25-26H2,1-12H3/q+2. The maximum Gasteiger partial charge on any atom is 0.204 e. The molecule has 67 heavy (non-hydrogen) atoms. The van der Waals surface area contributed by atoms with E-state index < -0.39 is 17.5 Å². The molecule has 0 aliphatic rings. The summed E-state index contributed by atoms with van der Waals surface area (Å²) < 4.78 is 71.9. The number of rotatable bonds is 22. The van der Waals surface area contributed by atoms with Gasteiger partial charge in [-0.3, -0.25) is 0 Å². The van der Waals surface area contributed by atoms with Crippen molar-refractivity contribution in [2.45, 2.75) is 9.40 Å². The summed E-state index contributed by atoms with van der Waals surface area (Å²) in [6.45, 7) is 0. The fourth-order valence-electron chi connectivity index (χ4n) is 8.63. The Balaban J connectivity index is 1.84. The van der Waals surface area contributed by atoms with Crippen molar-refractivity contribution >= 4 is 78.2 Å². The lowest BCUT2D eigenvalue weighted by molar-refractivity contribution is 0.395. The first-order valence-corrected chi connectivity index (χ1v) is 26.2. The SMILES string of the molecule is COc1ccc([P+](CCC(Br)(Br)[P+](c2ccc(OC)cc2OC)(c2ccc(OC)cc2OC)c2ccc(OC)cc2OC)(c2ccc(OC)cc2OC)c2ccc(OC)cc2OC)c(OC)c1. The van der Waals surface area contributed by atoms with Gasteiger partial charge in [0.2, 0.25) is 2.97 Å². The van der Waals surface area contributed by atoms with Crippen LogP contribution in [-0.2, 0) is 0 Å². The third-order valence-electron chi connectivity index (χ3n) is 11.9. The lowest BCUT2D eigenvalue weighted by Crippen LogP contribution is -2.44. The highest BCUT2D eigenvalue weighted by molar-refractivity contribution is 9.27. The van der Waals surface area contributed by atoms with E-state index in [0.717, 1.165) is 31.8 Å². The van der Waals surface area contributed by atoms with Crippen molar-refractivity contribution in [3.63, 3.8) is 0 Å². The minimum Gasteiger partial charge on any atom is -0.497 e. The van der Waals surface area contributed by atoms with Gasteiger partial charge in [-0.1, -0.05) is 0 Å². The second kappa shape index (κ2) is 22.2. The first-order valence-electron chi connectivity index (χ1n) is 20.9. The van der Waals surface area contributed by atoms with Crippen LogP contribution in [0.3, 0.4) is 0 Å². The Bertz CT molecular complexity index is 2390. The Morgan fingerprint density at radius 3 is 0.731 bits per heavy atom. The lowest BCUT2D eigenvalue weighted by Gasteiger charge is -2.40. The molecule has 0 heterocycles. The number of methoxy groups -OCH3 is 12. The highest BCUT2D eigenvalue weighted by Crippen LogP contribution is 2.77. The number of ether oxygens (including phenoxy) is 12. The summed E-state index contributed by atoms with van der Waals surface area (Å²) in [6, 6.07) is 35.6. The molecule has 6 aromatic rings. The van der Waals surface area contributed by atoms with Crippen LogP contribution in [0.5, 0.6) is 69.0 Å². The highest BCUT2D eigenvalue weighted by Gasteiger charge is 2.66. The van der Waals surface area contributed by atoms with Crippen LogP contribution in [0.2, 0.25) is 0 Å². The van der Waals surface area contributed by atoms with Gasteiger partial charge in [-0.15, -0.1) is 0 Å². The average Bonchev–Trinajstić information content (AvgIpc) is 3.38. The quantitative estimate of drug-likeness (QED) is 0.0479. The third kappa shape index (κ3) is 9.47. The molecule has 0 spiro atoms. The van der Waals surface area contributed by atoms with E-state index in [1.807, 2.05) is 72.8 Å². The molecular weight excluding hydrogens is 1030 g/mol. The first kappa shape index (κ1) is 51.1. The molecule has 0 atom stereocenters. The van der Waals surface area contributed by atoms with Gasteiger partial charge in [-0.05, 0) is 105 Å². The van der Waals surface area contributed by atoms with Crippen molar-refractivity contribution in [1.29, 1.82) is 0 Å². The predicted molar refractivity (Wildman–Crippen MR) is 279 cm³/mol. The zero-order valence-corrected chi connectivity index (χ0v) is 44.8. The summed E-state index contributed by atoms with van der Waals surface area (Å²) in [5.41, 5.74) is 0. The van der Waals surface area contributed by atoms with Crippen LogP contribution in [0.25, 0.3) is 0 Å². The summed E-state index contributed by atoms with van der Waals surface area (Å²) in [5, 5.41) is 5.29. The number of hydrogen-bond acceptors (Lipinski definition) is 12. The summed E-state index contributed by atoms with van der Waals surface area (Å²) in [5.74, 6) is 7.34. The Kier molecular flexibility index (Phi) is 17.0. The molecule has 0 radical (unpaired) electrons. The molecular formula is C51H58Br2O12P2+2. The molecule has 356 valence electrons. The van der Waals surface area contributed by atoms with Gasteiger partial charge in [0.05, 0.1) is 91.5 Å². The Hall–Kier alpha value is -5.26. The van der Waals surface area contributed by atoms with Gasteiger partial charge in [-0.2, -0.15) is 0 Å². The van der Waals surface area contributed by atoms with E-state index in [2.05, 4.69) is 68.3 Å². The molecule has 0 saturated heterocycles. The van der Waals surface area contributed by atoms with Gasteiger partial charge in [-0.25, -0.2) is 0 Å². The molecule has 0 unspecified atom stereocenters. The van der Waals surface area contributed by atoms with Crippen LogP contribution in [0.15, 0.2) is 109 Å². The van der Waals surface area contributed by atoms with Crippen molar-refractivity contribution in [2.24, 2.45) is 0 Å². The summed E-state index contributed by atoms with van der Waals surface area (Å²) >= 11 is 9.06. The topological polar surface area (TPSA) is 111 Å². The molecule has 12 nitrogen and oxygen atoms in total. The highest BCUT2D eigenvalue weighted by atomic mass is 79.9. The molecule has 0 aliphatic heterocycles. The molecule has 0 amide bonds. The molecule has 0 fully saturated rings. The molecule has 0 aromatic heterocycles. The molecule has 6 aromatic carbocycles. The van der Waals surface area contributed by atoms with Crippen LogP contribution in [-0.4, -0.2) is 94.5 Å². The minimum absolute atomic E-state index is 0.410. The summed E-state index contributed by atoms with van der Waals surface area (Å²) in [4.78, 5) is 0. The minimum atomic E-state index is -3.31. The normalized spacial score (nSPS) is 11.6. The number of halogens is 2. The van der Waals surface area contributed by atoms with Gasteiger partial charge in [0.15, 0.2) is 41.8 Å². The van der Waals surface area contributed by atoms with Gasteiger partial charge in [0.25, 0.3) is 0 Å². The second-order valence-corrected chi connectivity index (χ2v) is 26.9. The number of alkyl halides is 2. The van der Waals surface area contributed by atoms with Gasteiger partial charge >= 0.3 is 0 Å². The number of benzene rings is 6. The van der Waals surface area contributed by atoms with Crippen LogP contribution < -0.4 is 88.7 Å². The van der Waals surface area contributed by atoms with E-state index in [1.54, 1.807) is 85.3 Å². The number of hydrogen-bond donors (Lipinski definition) is 0. The molecule has 16 heteroatoms. The molecule has 0 saturated carbocycles. The Morgan fingerprint density at radius 2 is 0.522 bits per heavy atom. The van der Waals surface area contributed by atoms with Crippen LogP contribution in [0.4, 0.5) is 0 Å². The van der Waals surface area contributed by atoms with Gasteiger partial charge in [0, 0.05) is 42.8 Å². The lowest BCUT2D eigenvalue weighted by atomic mass is 10.3. The van der Waals surface area contributed by atoms with Gasteiger partial charge < -0.3 is 56.8 Å². The van der Waals surface area contributed by atoms with E-state index in [9.17, 15) is 0 Å². The fraction of sp³-hybridized carbons (Fsp3) is 0.294. The Morgan fingerprint density at radius 1 is 0.313 bits per heavy atom. The van der Waals surface area contributed by atoms with E-state index in [-0.39, 0.29) is 0 Å². The maximum absolute atomic E-state index is 6.38. The monoisotopic (exact) mass is 1080 g/mol. The van der Waals surface area contributed by atoms with E-state index in [1.165, 1.54) is 0 Å². The maximum atomic E-state index is 6.38. The molecule has 0 aliphatic carbocycles. The van der Waals surface area contributed by atoms with Crippen molar-refractivity contribution in [3.05, 3.63) is 109 Å². The van der Waals surface area contributed by atoms with E-state index >= 15 is 0 Å². The largest absolute Gasteiger partial charge is 0.497 e. The fourth-order valence-corrected chi connectivity index (χ4v) is 22.6. The van der Waals surface area contributed by atoms with E-state index in [0.29, 0.717) is 81.6 Å². The molecule has 0 bridgehead atoms. The zero-order chi connectivity index (χ0) is 48.5.